The van der Waals surface area contributed by atoms with Crippen LogP contribution in [-0.2, 0) is 18.4 Å². The van der Waals surface area contributed by atoms with E-state index in [4.69, 9.17) is 9.05 Å². The number of amides is 1. The summed E-state index contributed by atoms with van der Waals surface area (Å²) >= 11 is 0. The van der Waals surface area contributed by atoms with Crippen molar-refractivity contribution in [2.24, 2.45) is 0 Å². The van der Waals surface area contributed by atoms with E-state index in [1.165, 1.54) is 283 Å². The van der Waals surface area contributed by atoms with Crippen LogP contribution in [0, 0.1) is 0 Å². The van der Waals surface area contributed by atoms with Gasteiger partial charge in [0.25, 0.3) is 7.82 Å². The summed E-state index contributed by atoms with van der Waals surface area (Å²) in [6.07, 6.45) is 79.8. The fraction of sp³-hybridized carbons (Fsp3) is 0.899. The van der Waals surface area contributed by atoms with E-state index in [2.05, 4.69) is 43.5 Å². The first-order valence-electron chi connectivity index (χ1n) is 34.4. The molecule has 0 aromatic carbocycles. The molecule has 0 radical (unpaired) electrons. The lowest BCUT2D eigenvalue weighted by atomic mass is 10.0. The number of hydrogen-bond acceptors (Lipinski definition) is 6. The summed E-state index contributed by atoms with van der Waals surface area (Å²) in [6.45, 7) is 4.69. The van der Waals surface area contributed by atoms with E-state index >= 15 is 0 Å². The number of phosphoric ester groups is 1. The van der Waals surface area contributed by atoms with Crippen LogP contribution in [0.15, 0.2) is 36.5 Å². The van der Waals surface area contributed by atoms with Gasteiger partial charge in [0.1, 0.15) is 13.2 Å². The summed E-state index contributed by atoms with van der Waals surface area (Å²) in [5.74, 6) is -0.190. The molecule has 0 aliphatic carbocycles. The molecule has 0 aromatic heterocycles. The second-order valence-corrected chi connectivity index (χ2v) is 26.3. The van der Waals surface area contributed by atoms with E-state index < -0.39 is 20.0 Å². The molecular formula is C69H135N2O6P. The Balaban J connectivity index is 3.99. The van der Waals surface area contributed by atoms with E-state index in [-0.39, 0.29) is 19.1 Å². The van der Waals surface area contributed by atoms with E-state index in [9.17, 15) is 19.4 Å². The average Bonchev–Trinajstić information content (AvgIpc) is 3.41. The molecule has 0 saturated heterocycles. The predicted molar refractivity (Wildman–Crippen MR) is 339 cm³/mol. The van der Waals surface area contributed by atoms with Crippen molar-refractivity contribution in [3.8, 4) is 0 Å². The molecule has 0 bridgehead atoms. The summed E-state index contributed by atoms with van der Waals surface area (Å²) < 4.78 is 23.4. The number of likely N-dealkylation sites (N-methyl/N-ethyl adjacent to an activating group) is 1. The third-order valence-electron chi connectivity index (χ3n) is 15.8. The van der Waals surface area contributed by atoms with Crippen LogP contribution in [0.25, 0.3) is 0 Å². The fourth-order valence-corrected chi connectivity index (χ4v) is 11.2. The molecule has 0 spiro atoms. The number of carbonyl (C=O) groups excluding carboxylic acids is 1. The quantitative estimate of drug-likeness (QED) is 0.0272. The highest BCUT2D eigenvalue weighted by molar-refractivity contribution is 7.45. The second-order valence-electron chi connectivity index (χ2n) is 24.9. The molecule has 0 aliphatic heterocycles. The van der Waals surface area contributed by atoms with Crippen LogP contribution in [0.1, 0.15) is 348 Å². The molecule has 0 aliphatic rings. The van der Waals surface area contributed by atoms with Gasteiger partial charge in [-0.05, 0) is 51.4 Å². The Hall–Kier alpha value is -1.28. The van der Waals surface area contributed by atoms with Crippen LogP contribution in [0.4, 0.5) is 0 Å². The maximum absolute atomic E-state index is 13.0. The first-order valence-corrected chi connectivity index (χ1v) is 35.8. The van der Waals surface area contributed by atoms with Crippen molar-refractivity contribution in [3.05, 3.63) is 36.5 Å². The van der Waals surface area contributed by atoms with Crippen LogP contribution in [0.3, 0.4) is 0 Å². The van der Waals surface area contributed by atoms with Gasteiger partial charge in [-0.2, -0.15) is 0 Å². The summed E-state index contributed by atoms with van der Waals surface area (Å²) in [5, 5.41) is 14.0. The summed E-state index contributed by atoms with van der Waals surface area (Å²) in [5.41, 5.74) is 0. The molecule has 0 heterocycles. The SMILES string of the molecule is CCCCCCC/C=C\C/C=C\CCCCCCCCCCCCCCCCCCCCCCCCCC(=O)NC(COP(=O)([O-])OCC[N+](C)(C)C)C(O)/C=C/CCCCCCCCCCCCCCCCCCCCC. The van der Waals surface area contributed by atoms with Crippen molar-refractivity contribution in [1.82, 2.24) is 5.32 Å². The van der Waals surface area contributed by atoms with E-state index in [1.807, 2.05) is 27.2 Å². The number of nitrogens with one attached hydrogen (secondary N) is 1. The maximum atomic E-state index is 13.0. The van der Waals surface area contributed by atoms with Gasteiger partial charge >= 0.3 is 0 Å². The first kappa shape index (κ1) is 76.7. The van der Waals surface area contributed by atoms with Gasteiger partial charge < -0.3 is 28.8 Å². The van der Waals surface area contributed by atoms with Gasteiger partial charge in [-0.1, -0.05) is 326 Å². The van der Waals surface area contributed by atoms with Crippen molar-refractivity contribution >= 4 is 13.7 Å². The molecule has 0 rings (SSSR count). The van der Waals surface area contributed by atoms with Crippen molar-refractivity contribution < 1.29 is 32.9 Å². The molecular weight excluding hydrogens is 984 g/mol. The normalized spacial score (nSPS) is 13.9. The zero-order chi connectivity index (χ0) is 57.0. The zero-order valence-corrected chi connectivity index (χ0v) is 53.8. The van der Waals surface area contributed by atoms with Gasteiger partial charge in [0.15, 0.2) is 0 Å². The minimum Gasteiger partial charge on any atom is -0.756 e. The Morgan fingerprint density at radius 2 is 0.744 bits per heavy atom. The lowest BCUT2D eigenvalue weighted by molar-refractivity contribution is -0.870. The number of allylic oxidation sites excluding steroid dienone is 5. The number of nitrogens with zero attached hydrogens (tertiary/aromatic N) is 1. The van der Waals surface area contributed by atoms with Gasteiger partial charge in [-0.25, -0.2) is 0 Å². The predicted octanol–water partition coefficient (Wildman–Crippen LogP) is 21.0. The monoisotopic (exact) mass is 1120 g/mol. The Morgan fingerprint density at radius 3 is 1.06 bits per heavy atom. The largest absolute Gasteiger partial charge is 0.756 e. The van der Waals surface area contributed by atoms with Crippen LogP contribution in [0.2, 0.25) is 0 Å². The lowest BCUT2D eigenvalue weighted by Gasteiger charge is -2.29. The Labute approximate surface area is 487 Å². The van der Waals surface area contributed by atoms with Gasteiger partial charge in [-0.15, -0.1) is 0 Å². The number of hydrogen-bond donors (Lipinski definition) is 2. The molecule has 2 N–H and O–H groups in total. The molecule has 0 saturated carbocycles. The number of aliphatic hydroxyl groups is 1. The standard InChI is InChI=1S/C69H135N2O6P/c1-6-8-10-12-14-16-18-20-22-24-26-28-29-30-31-32-33-34-35-36-37-38-39-40-41-43-45-47-49-51-53-55-57-59-61-63-69(73)70-67(66-77-78(74,75)76-65-64-71(3,4)5)68(72)62-60-58-56-54-52-50-48-46-44-42-27-25-23-21-19-17-15-13-11-9-7-2/h18,20,24,26,60,62,67-68,72H,6-17,19,21-23,25,27-59,61,63-66H2,1-5H3,(H-,70,73,74,75)/b20-18-,26-24-,62-60+. The van der Waals surface area contributed by atoms with Crippen molar-refractivity contribution in [1.29, 1.82) is 0 Å². The fourth-order valence-electron chi connectivity index (χ4n) is 10.5. The molecule has 0 fully saturated rings. The highest BCUT2D eigenvalue weighted by atomic mass is 31.2. The van der Waals surface area contributed by atoms with Crippen molar-refractivity contribution in [3.63, 3.8) is 0 Å². The van der Waals surface area contributed by atoms with Crippen LogP contribution in [-0.4, -0.2) is 68.5 Å². The van der Waals surface area contributed by atoms with E-state index in [0.29, 0.717) is 17.4 Å². The Bertz CT molecular complexity index is 1360. The van der Waals surface area contributed by atoms with E-state index in [1.54, 1.807) is 6.08 Å². The molecule has 9 heteroatoms. The number of carbonyl (C=O) groups is 1. The third-order valence-corrected chi connectivity index (χ3v) is 16.8. The van der Waals surface area contributed by atoms with Gasteiger partial charge in [-0.3, -0.25) is 9.36 Å². The molecule has 78 heavy (non-hydrogen) atoms. The van der Waals surface area contributed by atoms with Crippen LogP contribution in [0.5, 0.6) is 0 Å². The molecule has 0 aromatic rings. The molecule has 3 unspecified atom stereocenters. The maximum Gasteiger partial charge on any atom is 0.268 e. The van der Waals surface area contributed by atoms with Crippen LogP contribution >= 0.6 is 7.82 Å². The summed E-state index contributed by atoms with van der Waals surface area (Å²) in [6, 6.07) is -0.885. The summed E-state index contributed by atoms with van der Waals surface area (Å²) in [4.78, 5) is 25.6. The molecule has 1 amide bonds. The highest BCUT2D eigenvalue weighted by Crippen LogP contribution is 2.38. The number of phosphoric acid groups is 1. The van der Waals surface area contributed by atoms with Crippen molar-refractivity contribution in [2.45, 2.75) is 360 Å². The lowest BCUT2D eigenvalue weighted by Crippen LogP contribution is -2.45. The van der Waals surface area contributed by atoms with Gasteiger partial charge in [0.05, 0.1) is 39.9 Å². The molecule has 462 valence electrons. The molecule has 3 atom stereocenters. The highest BCUT2D eigenvalue weighted by Gasteiger charge is 2.23. The van der Waals surface area contributed by atoms with Gasteiger partial charge in [0, 0.05) is 6.42 Å². The number of aliphatic hydroxyl groups excluding tert-OH is 1. The zero-order valence-electron chi connectivity index (χ0n) is 52.9. The van der Waals surface area contributed by atoms with Crippen molar-refractivity contribution in [2.75, 3.05) is 40.9 Å². The Kier molecular flexibility index (Phi) is 59.3. The number of unbranched alkanes of at least 4 members (excludes halogenated alkanes) is 47. The topological polar surface area (TPSA) is 108 Å². The summed E-state index contributed by atoms with van der Waals surface area (Å²) in [7, 11) is 1.28. The first-order chi connectivity index (χ1) is 38.0. The van der Waals surface area contributed by atoms with Crippen LogP contribution < -0.4 is 10.2 Å². The molecule has 8 nitrogen and oxygen atoms in total. The minimum absolute atomic E-state index is 0.00138. The second kappa shape index (κ2) is 60.3. The third kappa shape index (κ3) is 62.3. The minimum atomic E-state index is -4.60. The smallest absolute Gasteiger partial charge is 0.268 e. The number of quaternary nitrogens is 1. The average molecular weight is 1120 g/mol. The van der Waals surface area contributed by atoms with E-state index in [0.717, 1.165) is 44.9 Å². The number of rotatable bonds is 64. The Morgan fingerprint density at radius 1 is 0.449 bits per heavy atom. The van der Waals surface area contributed by atoms with Gasteiger partial charge in [0.2, 0.25) is 5.91 Å².